The first-order valence-electron chi connectivity index (χ1n) is 5.41. The summed E-state index contributed by atoms with van der Waals surface area (Å²) in [4.78, 5) is 16.6. The third-order valence-corrected chi connectivity index (χ3v) is 2.39. The van der Waals surface area contributed by atoms with Crippen LogP contribution in [0.25, 0.3) is 0 Å². The number of hydrogen-bond donors (Lipinski definition) is 2. The molecule has 0 fully saturated rings. The predicted molar refractivity (Wildman–Crippen MR) is 63.5 cm³/mol. The second kappa shape index (κ2) is 5.14. The molecule has 0 spiro atoms. The quantitative estimate of drug-likeness (QED) is 0.842. The molecule has 0 aliphatic carbocycles. The Hall–Kier alpha value is -1.62. The average Bonchev–Trinajstić information content (AvgIpc) is 2.24. The van der Waals surface area contributed by atoms with Crippen molar-refractivity contribution in [2.75, 3.05) is 0 Å². The SMILES string of the molecule is CC(C)(C)N(Cc1cccc(CO)n1)C(=O)O. The standard InChI is InChI=1S/C12H18N2O3/c1-12(2,3)14(11(16)17)7-9-5-4-6-10(8-15)13-9/h4-6,15H,7-8H2,1-3H3,(H,16,17). The molecule has 1 aromatic rings. The minimum absolute atomic E-state index is 0.142. The third-order valence-electron chi connectivity index (χ3n) is 2.39. The lowest BCUT2D eigenvalue weighted by Crippen LogP contribution is -2.44. The monoisotopic (exact) mass is 238 g/mol. The number of amides is 1. The van der Waals surface area contributed by atoms with Crippen LogP contribution in [0.1, 0.15) is 32.2 Å². The Morgan fingerprint density at radius 2 is 1.94 bits per heavy atom. The normalized spacial score (nSPS) is 11.3. The number of pyridine rings is 1. The van der Waals surface area contributed by atoms with Gasteiger partial charge < -0.3 is 10.2 Å². The fourth-order valence-corrected chi connectivity index (χ4v) is 1.46. The number of nitrogens with zero attached hydrogens (tertiary/aromatic N) is 2. The largest absolute Gasteiger partial charge is 0.465 e. The average molecular weight is 238 g/mol. The van der Waals surface area contributed by atoms with E-state index in [-0.39, 0.29) is 13.2 Å². The van der Waals surface area contributed by atoms with Crippen molar-refractivity contribution in [3.05, 3.63) is 29.6 Å². The molecule has 0 atom stereocenters. The Balaban J connectivity index is 2.90. The van der Waals surface area contributed by atoms with Crippen LogP contribution in [0.15, 0.2) is 18.2 Å². The minimum atomic E-state index is -0.978. The van der Waals surface area contributed by atoms with Gasteiger partial charge in [0.1, 0.15) is 0 Å². The summed E-state index contributed by atoms with van der Waals surface area (Å²) in [5.74, 6) is 0. The Labute approximate surface area is 101 Å². The molecule has 0 aliphatic rings. The third kappa shape index (κ3) is 3.71. The number of hydrogen-bond acceptors (Lipinski definition) is 3. The Bertz CT molecular complexity index is 399. The van der Waals surface area contributed by atoms with Crippen molar-refractivity contribution in [3.8, 4) is 0 Å². The van der Waals surface area contributed by atoms with Crippen LogP contribution in [0.4, 0.5) is 4.79 Å². The van der Waals surface area contributed by atoms with E-state index in [1.54, 1.807) is 18.2 Å². The van der Waals surface area contributed by atoms with E-state index in [4.69, 9.17) is 10.2 Å². The predicted octanol–water partition coefficient (Wildman–Crippen LogP) is 1.85. The fraction of sp³-hybridized carbons (Fsp3) is 0.500. The van der Waals surface area contributed by atoms with E-state index in [0.29, 0.717) is 11.4 Å². The van der Waals surface area contributed by atoms with Crippen LogP contribution in [0.2, 0.25) is 0 Å². The van der Waals surface area contributed by atoms with Crippen molar-refractivity contribution in [1.29, 1.82) is 0 Å². The van der Waals surface area contributed by atoms with Crippen LogP contribution in [0.5, 0.6) is 0 Å². The summed E-state index contributed by atoms with van der Waals surface area (Å²) in [5, 5.41) is 18.1. The highest BCUT2D eigenvalue weighted by molar-refractivity contribution is 5.65. The van der Waals surface area contributed by atoms with Gasteiger partial charge in [0.2, 0.25) is 0 Å². The van der Waals surface area contributed by atoms with Crippen molar-refractivity contribution in [2.24, 2.45) is 0 Å². The second-order valence-electron chi connectivity index (χ2n) is 4.82. The molecule has 1 aromatic heterocycles. The number of aliphatic hydroxyl groups excluding tert-OH is 1. The lowest BCUT2D eigenvalue weighted by molar-refractivity contribution is 0.0946. The van der Waals surface area contributed by atoms with E-state index >= 15 is 0 Å². The van der Waals surface area contributed by atoms with Gasteiger partial charge in [0.05, 0.1) is 24.5 Å². The van der Waals surface area contributed by atoms with Gasteiger partial charge in [-0.15, -0.1) is 0 Å². The van der Waals surface area contributed by atoms with Gasteiger partial charge in [0.25, 0.3) is 0 Å². The van der Waals surface area contributed by atoms with E-state index in [1.807, 2.05) is 20.8 Å². The number of aromatic nitrogens is 1. The highest BCUT2D eigenvalue weighted by Crippen LogP contribution is 2.16. The lowest BCUT2D eigenvalue weighted by atomic mass is 10.1. The Morgan fingerprint density at radius 1 is 1.35 bits per heavy atom. The van der Waals surface area contributed by atoms with Gasteiger partial charge in [-0.2, -0.15) is 0 Å². The summed E-state index contributed by atoms with van der Waals surface area (Å²) in [6.07, 6.45) is -0.978. The minimum Gasteiger partial charge on any atom is -0.465 e. The molecular formula is C12H18N2O3. The molecule has 1 amide bonds. The molecule has 0 unspecified atom stereocenters. The summed E-state index contributed by atoms with van der Waals surface area (Å²) < 4.78 is 0. The molecule has 0 saturated heterocycles. The van der Waals surface area contributed by atoms with E-state index in [2.05, 4.69) is 4.98 Å². The van der Waals surface area contributed by atoms with Crippen LogP contribution in [-0.2, 0) is 13.2 Å². The first-order valence-corrected chi connectivity index (χ1v) is 5.41. The Kier molecular flexibility index (Phi) is 4.07. The molecule has 0 aromatic carbocycles. The van der Waals surface area contributed by atoms with Gasteiger partial charge in [0, 0.05) is 5.54 Å². The topological polar surface area (TPSA) is 73.7 Å². The van der Waals surface area contributed by atoms with Crippen molar-refractivity contribution < 1.29 is 15.0 Å². The van der Waals surface area contributed by atoms with Crippen LogP contribution >= 0.6 is 0 Å². The number of aliphatic hydroxyl groups is 1. The first kappa shape index (κ1) is 13.4. The van der Waals surface area contributed by atoms with Gasteiger partial charge >= 0.3 is 6.09 Å². The second-order valence-corrected chi connectivity index (χ2v) is 4.82. The zero-order valence-electron chi connectivity index (χ0n) is 10.3. The van der Waals surface area contributed by atoms with E-state index in [1.165, 1.54) is 4.90 Å². The lowest BCUT2D eigenvalue weighted by Gasteiger charge is -2.32. The summed E-state index contributed by atoms with van der Waals surface area (Å²) >= 11 is 0. The first-order chi connectivity index (χ1) is 7.84. The van der Waals surface area contributed by atoms with Crippen LogP contribution < -0.4 is 0 Å². The van der Waals surface area contributed by atoms with Crippen molar-refractivity contribution >= 4 is 6.09 Å². The summed E-state index contributed by atoms with van der Waals surface area (Å²) in [7, 11) is 0. The molecule has 1 rings (SSSR count). The smallest absolute Gasteiger partial charge is 0.408 e. The van der Waals surface area contributed by atoms with Gasteiger partial charge in [-0.1, -0.05) is 6.07 Å². The molecule has 17 heavy (non-hydrogen) atoms. The van der Waals surface area contributed by atoms with Crippen molar-refractivity contribution in [3.63, 3.8) is 0 Å². The number of carbonyl (C=O) groups is 1. The van der Waals surface area contributed by atoms with Gasteiger partial charge in [0.15, 0.2) is 0 Å². The molecule has 0 saturated carbocycles. The molecule has 5 heteroatoms. The van der Waals surface area contributed by atoms with Crippen molar-refractivity contribution in [1.82, 2.24) is 9.88 Å². The number of carboxylic acid groups (broad SMARTS) is 1. The maximum Gasteiger partial charge on any atom is 0.408 e. The van der Waals surface area contributed by atoms with Crippen LogP contribution in [0, 0.1) is 0 Å². The summed E-state index contributed by atoms with van der Waals surface area (Å²) in [5.41, 5.74) is 0.693. The van der Waals surface area contributed by atoms with Gasteiger partial charge in [-0.25, -0.2) is 4.79 Å². The zero-order chi connectivity index (χ0) is 13.1. The molecule has 0 aliphatic heterocycles. The van der Waals surface area contributed by atoms with Gasteiger partial charge in [-0.3, -0.25) is 9.88 Å². The van der Waals surface area contributed by atoms with Gasteiger partial charge in [-0.05, 0) is 32.9 Å². The molecule has 1 heterocycles. The molecule has 0 radical (unpaired) electrons. The maximum absolute atomic E-state index is 11.2. The molecular weight excluding hydrogens is 220 g/mol. The van der Waals surface area contributed by atoms with Crippen LogP contribution in [0.3, 0.4) is 0 Å². The van der Waals surface area contributed by atoms with E-state index in [0.717, 1.165) is 0 Å². The number of rotatable bonds is 3. The highest BCUT2D eigenvalue weighted by atomic mass is 16.4. The highest BCUT2D eigenvalue weighted by Gasteiger charge is 2.26. The van der Waals surface area contributed by atoms with Crippen molar-refractivity contribution in [2.45, 2.75) is 39.5 Å². The molecule has 2 N–H and O–H groups in total. The summed E-state index contributed by atoms with van der Waals surface area (Å²) in [6, 6.07) is 5.21. The maximum atomic E-state index is 11.2. The Morgan fingerprint density at radius 3 is 2.41 bits per heavy atom. The molecule has 94 valence electrons. The molecule has 5 nitrogen and oxygen atoms in total. The van der Waals surface area contributed by atoms with E-state index < -0.39 is 11.6 Å². The molecule has 0 bridgehead atoms. The zero-order valence-corrected chi connectivity index (χ0v) is 10.3. The summed E-state index contributed by atoms with van der Waals surface area (Å²) in [6.45, 7) is 5.56. The van der Waals surface area contributed by atoms with Crippen LogP contribution in [-0.4, -0.2) is 31.7 Å². The fourth-order valence-electron chi connectivity index (χ4n) is 1.46. The van der Waals surface area contributed by atoms with E-state index in [9.17, 15) is 4.79 Å².